The maximum absolute atomic E-state index is 2.61. The Hall–Kier alpha value is -7.16. The lowest BCUT2D eigenvalue weighted by Gasteiger charge is -2.66. The number of rotatable bonds is 6. The SMILES string of the molecule is c1ccc(-n2c3ccccc3c3c4ccccc4ccc32)c(-c2ccc(N(c3ccc4c5ccccc5c5ccccc5c4c3)c3ccccc3C34CC5C[C@H]6CC(C3)[C@]56C4)cc2)c1. The summed E-state index contributed by atoms with van der Waals surface area (Å²) in [5, 5.41) is 13.0. The lowest BCUT2D eigenvalue weighted by atomic mass is 9.38. The number of fused-ring (bicyclic) bond motifs is 12. The highest BCUT2D eigenvalue weighted by Crippen LogP contribution is 2.84. The van der Waals surface area contributed by atoms with E-state index in [4.69, 9.17) is 0 Å². The highest BCUT2D eigenvalue weighted by molar-refractivity contribution is 6.26. The van der Waals surface area contributed by atoms with Crippen LogP contribution in [0.4, 0.5) is 17.1 Å². The monoisotopic (exact) mass is 818 g/mol. The third kappa shape index (κ3) is 4.55. The van der Waals surface area contributed by atoms with Crippen LogP contribution in [0.2, 0.25) is 0 Å². The first-order valence-electron chi connectivity index (χ1n) is 23.5. The minimum atomic E-state index is 0.252. The van der Waals surface area contributed by atoms with Gasteiger partial charge in [-0.2, -0.15) is 0 Å². The zero-order chi connectivity index (χ0) is 41.7. The first kappa shape index (κ1) is 35.3. The van der Waals surface area contributed by atoms with Crippen molar-refractivity contribution in [1.82, 2.24) is 4.57 Å². The lowest BCUT2D eigenvalue weighted by Crippen LogP contribution is -2.59. The van der Waals surface area contributed by atoms with Gasteiger partial charge < -0.3 is 9.47 Å². The standard InChI is InChI=1S/C62H46N2/c1-2-15-47-39(13-1)27-32-59-60(47)53-20-8-11-23-57(53)64(59)56-22-10-7-14-46(56)40-25-28-44(29-26-40)63(58-24-12-9-21-55(58)61-36-42-33-41-34-43(37-61)62(41,42)38-61)45-30-31-52-50-18-4-3-16-48(50)49-17-5-6-19-51(49)54(52)35-45/h1-32,35,41-43H,33-34,36-38H2/t41-,42?,43?,61?,62-. The van der Waals surface area contributed by atoms with Gasteiger partial charge in [-0.15, -0.1) is 0 Å². The van der Waals surface area contributed by atoms with E-state index in [1.807, 2.05) is 0 Å². The average Bonchev–Trinajstić information content (AvgIpc) is 3.98. The Labute approximate surface area is 373 Å². The van der Waals surface area contributed by atoms with Crippen LogP contribution < -0.4 is 4.90 Å². The molecule has 304 valence electrons. The Morgan fingerprint density at radius 3 is 1.77 bits per heavy atom. The minimum Gasteiger partial charge on any atom is -0.310 e. The highest BCUT2D eigenvalue weighted by atomic mass is 15.1. The lowest BCUT2D eigenvalue weighted by molar-refractivity contribution is -0.175. The molecule has 2 nitrogen and oxygen atoms in total. The third-order valence-corrected chi connectivity index (χ3v) is 17.2. The number of aromatic nitrogens is 1. The number of hydrogen-bond acceptors (Lipinski definition) is 1. The molecule has 0 amide bonds. The maximum Gasteiger partial charge on any atom is 0.0547 e. The Balaban J connectivity index is 0.920. The minimum absolute atomic E-state index is 0.252. The summed E-state index contributed by atoms with van der Waals surface area (Å²) in [6, 6.07) is 75.5. The smallest absolute Gasteiger partial charge is 0.0547 e. The van der Waals surface area contributed by atoms with Crippen LogP contribution >= 0.6 is 0 Å². The van der Waals surface area contributed by atoms with Gasteiger partial charge in [-0.25, -0.2) is 0 Å². The number of benzene rings is 10. The molecule has 2 heteroatoms. The van der Waals surface area contributed by atoms with E-state index >= 15 is 0 Å². The molecule has 4 fully saturated rings. The fraction of sp³-hybridized carbons (Fsp3) is 0.161. The Kier molecular flexibility index (Phi) is 7.03. The van der Waals surface area contributed by atoms with Crippen LogP contribution in [-0.4, -0.2) is 4.57 Å². The molecule has 0 radical (unpaired) electrons. The Bertz CT molecular complexity index is 3710. The predicted molar refractivity (Wildman–Crippen MR) is 269 cm³/mol. The van der Waals surface area contributed by atoms with Gasteiger partial charge in [0.15, 0.2) is 0 Å². The second-order valence-electron chi connectivity index (χ2n) is 19.8. The maximum atomic E-state index is 2.61. The molecule has 4 aliphatic carbocycles. The van der Waals surface area contributed by atoms with E-state index in [2.05, 4.69) is 210 Å². The third-order valence-electron chi connectivity index (χ3n) is 17.2. The first-order chi connectivity index (χ1) is 31.7. The molecule has 4 aliphatic rings. The van der Waals surface area contributed by atoms with Crippen LogP contribution in [0.25, 0.3) is 81.7 Å². The summed E-state index contributed by atoms with van der Waals surface area (Å²) in [6.07, 6.45) is 7.02. The fourth-order valence-electron chi connectivity index (χ4n) is 14.7. The molecule has 64 heavy (non-hydrogen) atoms. The fourth-order valence-corrected chi connectivity index (χ4v) is 14.7. The van der Waals surface area contributed by atoms with Crippen molar-refractivity contribution in [2.24, 2.45) is 23.2 Å². The number of para-hydroxylation sites is 3. The van der Waals surface area contributed by atoms with E-state index in [9.17, 15) is 0 Å². The van der Waals surface area contributed by atoms with Crippen molar-refractivity contribution in [2.75, 3.05) is 4.90 Å². The van der Waals surface area contributed by atoms with Gasteiger partial charge in [-0.3, -0.25) is 0 Å². The first-order valence-corrected chi connectivity index (χ1v) is 23.5. The van der Waals surface area contributed by atoms with Crippen LogP contribution in [0.3, 0.4) is 0 Å². The van der Waals surface area contributed by atoms with Crippen molar-refractivity contribution in [3.63, 3.8) is 0 Å². The van der Waals surface area contributed by atoms with Crippen molar-refractivity contribution in [3.05, 3.63) is 206 Å². The van der Waals surface area contributed by atoms with E-state index in [0.29, 0.717) is 5.41 Å². The second-order valence-corrected chi connectivity index (χ2v) is 19.8. The summed E-state index contributed by atoms with van der Waals surface area (Å²) in [4.78, 5) is 2.61. The Morgan fingerprint density at radius 1 is 0.438 bits per heavy atom. The van der Waals surface area contributed by atoms with E-state index in [1.165, 1.54) is 131 Å². The second kappa shape index (κ2) is 12.7. The summed E-state index contributed by atoms with van der Waals surface area (Å²) in [5.41, 5.74) is 12.3. The molecule has 1 heterocycles. The van der Waals surface area contributed by atoms with Crippen LogP contribution in [0, 0.1) is 23.2 Å². The van der Waals surface area contributed by atoms with Crippen LogP contribution in [0.5, 0.6) is 0 Å². The van der Waals surface area contributed by atoms with Gasteiger partial charge in [-0.1, -0.05) is 152 Å². The number of nitrogens with zero attached hydrogens (tertiary/aromatic N) is 2. The summed E-state index contributed by atoms with van der Waals surface area (Å²) in [5.74, 6) is 2.81. The van der Waals surface area contributed by atoms with Crippen molar-refractivity contribution < 1.29 is 0 Å². The van der Waals surface area contributed by atoms with Gasteiger partial charge in [0.25, 0.3) is 0 Å². The molecular formula is C62H46N2. The van der Waals surface area contributed by atoms with E-state index in [1.54, 1.807) is 5.56 Å². The van der Waals surface area contributed by atoms with Crippen LogP contribution in [0.1, 0.15) is 37.7 Å². The summed E-state index contributed by atoms with van der Waals surface area (Å²) >= 11 is 0. The molecule has 2 bridgehead atoms. The van der Waals surface area contributed by atoms with Crippen molar-refractivity contribution >= 4 is 82.0 Å². The molecule has 0 N–H and O–H groups in total. The molecule has 2 unspecified atom stereocenters. The molecule has 10 aromatic carbocycles. The van der Waals surface area contributed by atoms with Crippen molar-refractivity contribution in [3.8, 4) is 16.8 Å². The molecule has 1 aromatic heterocycles. The molecular weight excluding hydrogens is 773 g/mol. The Morgan fingerprint density at radius 2 is 1.03 bits per heavy atom. The van der Waals surface area contributed by atoms with Gasteiger partial charge in [0.1, 0.15) is 0 Å². The summed E-state index contributed by atoms with van der Waals surface area (Å²) in [7, 11) is 0. The molecule has 4 saturated carbocycles. The van der Waals surface area contributed by atoms with Gasteiger partial charge in [-0.05, 0) is 163 Å². The molecule has 0 aliphatic heterocycles. The van der Waals surface area contributed by atoms with Gasteiger partial charge >= 0.3 is 0 Å². The summed E-state index contributed by atoms with van der Waals surface area (Å²) in [6.45, 7) is 0. The number of anilines is 3. The quantitative estimate of drug-likeness (QED) is 0.152. The van der Waals surface area contributed by atoms with Crippen LogP contribution in [-0.2, 0) is 5.41 Å². The normalized spacial score (nSPS) is 23.0. The van der Waals surface area contributed by atoms with Crippen molar-refractivity contribution in [2.45, 2.75) is 37.5 Å². The zero-order valence-corrected chi connectivity index (χ0v) is 35.7. The molecule has 15 rings (SSSR count). The van der Waals surface area contributed by atoms with Crippen molar-refractivity contribution in [1.29, 1.82) is 0 Å². The van der Waals surface area contributed by atoms with E-state index < -0.39 is 0 Å². The molecule has 11 aromatic rings. The average molecular weight is 819 g/mol. The largest absolute Gasteiger partial charge is 0.310 e. The van der Waals surface area contributed by atoms with E-state index in [-0.39, 0.29) is 5.41 Å². The van der Waals surface area contributed by atoms with E-state index in [0.717, 1.165) is 17.8 Å². The highest BCUT2D eigenvalue weighted by Gasteiger charge is 2.77. The number of hydrogen-bond donors (Lipinski definition) is 0. The topological polar surface area (TPSA) is 8.17 Å². The molecule has 0 saturated heterocycles. The van der Waals surface area contributed by atoms with Gasteiger partial charge in [0.05, 0.1) is 16.7 Å². The summed E-state index contributed by atoms with van der Waals surface area (Å²) < 4.78 is 2.48. The molecule has 2 atom stereocenters. The molecule has 1 spiro atoms. The van der Waals surface area contributed by atoms with Gasteiger partial charge in [0, 0.05) is 33.4 Å². The van der Waals surface area contributed by atoms with Crippen LogP contribution in [0.15, 0.2) is 200 Å². The zero-order valence-electron chi connectivity index (χ0n) is 35.7. The van der Waals surface area contributed by atoms with Gasteiger partial charge in [0.2, 0.25) is 0 Å². The predicted octanol–water partition coefficient (Wildman–Crippen LogP) is 16.6.